The summed E-state index contributed by atoms with van der Waals surface area (Å²) in [6.07, 6.45) is 0. The number of carbonyl (C=O) groups excluding carboxylic acids is 1. The normalized spacial score (nSPS) is 13.6. The van der Waals surface area contributed by atoms with Crippen molar-refractivity contribution in [1.82, 2.24) is 19.8 Å². The molecule has 0 saturated heterocycles. The molecule has 0 bridgehead atoms. The van der Waals surface area contributed by atoms with E-state index in [9.17, 15) is 4.79 Å². The molecule has 1 aromatic heterocycles. The Morgan fingerprint density at radius 3 is 2.72 bits per heavy atom. The number of anilines is 1. The van der Waals surface area contributed by atoms with Crippen LogP contribution in [0.15, 0.2) is 54.6 Å². The van der Waals surface area contributed by atoms with Gasteiger partial charge < -0.3 is 24.8 Å². The molecule has 8 heteroatoms. The minimum atomic E-state index is -0.0217. The van der Waals surface area contributed by atoms with Crippen LogP contribution in [0.1, 0.15) is 27.4 Å². The van der Waals surface area contributed by atoms with Crippen LogP contribution >= 0.6 is 11.6 Å². The fourth-order valence-electron chi connectivity index (χ4n) is 3.85. The minimum Gasteiger partial charge on any atom is -0.383 e. The summed E-state index contributed by atoms with van der Waals surface area (Å²) in [5.41, 5.74) is 2.81. The number of benzene rings is 2. The van der Waals surface area contributed by atoms with Crippen molar-refractivity contribution in [1.29, 1.82) is 0 Å². The Hall–Kier alpha value is -2.87. The van der Waals surface area contributed by atoms with Crippen molar-refractivity contribution in [3.8, 4) is 0 Å². The number of amides is 1. The molecule has 168 valence electrons. The second-order valence-electron chi connectivity index (χ2n) is 7.74. The maximum Gasteiger partial charge on any atom is 0.274 e. The number of methoxy groups -OCH3 is 1. The third kappa shape index (κ3) is 5.30. The highest BCUT2D eigenvalue weighted by Gasteiger charge is 2.29. The van der Waals surface area contributed by atoms with Gasteiger partial charge in [-0.1, -0.05) is 54.1 Å². The van der Waals surface area contributed by atoms with Crippen LogP contribution in [0, 0.1) is 0 Å². The highest BCUT2D eigenvalue weighted by Crippen LogP contribution is 2.23. The lowest BCUT2D eigenvalue weighted by molar-refractivity contribution is 0.0699. The standard InChI is InChI=1S/C24H28ClN5O2/c1-32-13-12-29-11-10-27-23-22(24(29)31)30(17-18-6-3-2-4-7-18)21(28-23)16-26-15-19-8-5-9-20(25)14-19/h2-9,14,26-27H,10-13,15-17H2,1H3. The lowest BCUT2D eigenvalue weighted by Crippen LogP contribution is -2.36. The summed E-state index contributed by atoms with van der Waals surface area (Å²) in [7, 11) is 1.65. The Balaban J connectivity index is 1.60. The summed E-state index contributed by atoms with van der Waals surface area (Å²) in [6, 6.07) is 17.9. The van der Waals surface area contributed by atoms with E-state index in [1.165, 1.54) is 0 Å². The van der Waals surface area contributed by atoms with Crippen molar-refractivity contribution in [2.45, 2.75) is 19.6 Å². The van der Waals surface area contributed by atoms with Crippen LogP contribution in [0.5, 0.6) is 0 Å². The highest BCUT2D eigenvalue weighted by atomic mass is 35.5. The second kappa shape index (κ2) is 10.6. The van der Waals surface area contributed by atoms with Gasteiger partial charge in [0.25, 0.3) is 5.91 Å². The number of aromatic nitrogens is 2. The minimum absolute atomic E-state index is 0.0217. The summed E-state index contributed by atoms with van der Waals surface area (Å²) in [5, 5.41) is 7.50. The first-order valence-electron chi connectivity index (χ1n) is 10.8. The number of imidazole rings is 1. The van der Waals surface area contributed by atoms with Gasteiger partial charge in [0.2, 0.25) is 0 Å². The summed E-state index contributed by atoms with van der Waals surface area (Å²) in [6.45, 7) is 4.08. The van der Waals surface area contributed by atoms with Crippen molar-refractivity contribution in [2.24, 2.45) is 0 Å². The topological polar surface area (TPSA) is 71.4 Å². The fraction of sp³-hybridized carbons (Fsp3) is 0.333. The molecule has 2 heterocycles. The molecule has 1 aliphatic rings. The first-order chi connectivity index (χ1) is 15.7. The number of carbonyl (C=O) groups is 1. The third-order valence-electron chi connectivity index (χ3n) is 5.46. The molecule has 0 fully saturated rings. The molecule has 0 spiro atoms. The van der Waals surface area contributed by atoms with Crippen molar-refractivity contribution in [3.63, 3.8) is 0 Å². The smallest absolute Gasteiger partial charge is 0.274 e. The van der Waals surface area contributed by atoms with Gasteiger partial charge in [0.15, 0.2) is 11.5 Å². The number of halogens is 1. The largest absolute Gasteiger partial charge is 0.383 e. The van der Waals surface area contributed by atoms with Crippen LogP contribution in [-0.4, -0.2) is 53.7 Å². The van der Waals surface area contributed by atoms with Gasteiger partial charge >= 0.3 is 0 Å². The molecule has 0 unspecified atom stereocenters. The molecule has 2 N–H and O–H groups in total. The number of ether oxygens (including phenoxy) is 1. The Bertz CT molecular complexity index is 1050. The highest BCUT2D eigenvalue weighted by molar-refractivity contribution is 6.30. The molecule has 32 heavy (non-hydrogen) atoms. The van der Waals surface area contributed by atoms with Gasteiger partial charge in [-0.3, -0.25) is 4.79 Å². The molecule has 2 aromatic carbocycles. The van der Waals surface area contributed by atoms with E-state index in [0.717, 1.165) is 17.0 Å². The van der Waals surface area contributed by atoms with Gasteiger partial charge in [0, 0.05) is 44.9 Å². The van der Waals surface area contributed by atoms with Gasteiger partial charge in [0.05, 0.1) is 13.2 Å². The van der Waals surface area contributed by atoms with Crippen molar-refractivity contribution >= 4 is 23.3 Å². The molecule has 0 saturated carbocycles. The zero-order valence-corrected chi connectivity index (χ0v) is 18.9. The molecule has 4 rings (SSSR count). The van der Waals surface area contributed by atoms with Gasteiger partial charge in [-0.2, -0.15) is 0 Å². The fourth-order valence-corrected chi connectivity index (χ4v) is 4.06. The van der Waals surface area contributed by atoms with Crippen LogP contribution in [0.25, 0.3) is 0 Å². The maximum atomic E-state index is 13.4. The number of nitrogens with one attached hydrogen (secondary N) is 2. The predicted molar refractivity (Wildman–Crippen MR) is 126 cm³/mol. The zero-order valence-electron chi connectivity index (χ0n) is 18.2. The summed E-state index contributed by atoms with van der Waals surface area (Å²) in [4.78, 5) is 20.1. The van der Waals surface area contributed by atoms with Crippen molar-refractivity contribution in [2.75, 3.05) is 38.7 Å². The van der Waals surface area contributed by atoms with E-state index in [-0.39, 0.29) is 5.91 Å². The van der Waals surface area contributed by atoms with E-state index in [4.69, 9.17) is 21.3 Å². The van der Waals surface area contributed by atoms with E-state index in [1.54, 1.807) is 7.11 Å². The maximum absolute atomic E-state index is 13.4. The first-order valence-corrected chi connectivity index (χ1v) is 11.1. The molecule has 1 aliphatic heterocycles. The molecule has 3 aromatic rings. The monoisotopic (exact) mass is 453 g/mol. The van der Waals surface area contributed by atoms with Crippen molar-refractivity contribution < 1.29 is 9.53 Å². The average molecular weight is 454 g/mol. The number of rotatable bonds is 9. The quantitative estimate of drug-likeness (QED) is 0.519. The van der Waals surface area contributed by atoms with Crippen LogP contribution in [0.2, 0.25) is 5.02 Å². The number of hydrogen-bond acceptors (Lipinski definition) is 5. The molecular formula is C24H28ClN5O2. The van der Waals surface area contributed by atoms with E-state index in [0.29, 0.717) is 62.4 Å². The van der Waals surface area contributed by atoms with Gasteiger partial charge in [-0.15, -0.1) is 0 Å². The zero-order chi connectivity index (χ0) is 22.3. The Morgan fingerprint density at radius 2 is 1.94 bits per heavy atom. The van der Waals surface area contributed by atoms with E-state index in [2.05, 4.69) is 22.8 Å². The van der Waals surface area contributed by atoms with Crippen LogP contribution < -0.4 is 10.6 Å². The summed E-state index contributed by atoms with van der Waals surface area (Å²) >= 11 is 6.10. The molecule has 0 aliphatic carbocycles. The van der Waals surface area contributed by atoms with Crippen molar-refractivity contribution in [3.05, 3.63) is 82.3 Å². The predicted octanol–water partition coefficient (Wildman–Crippen LogP) is 3.39. The van der Waals surface area contributed by atoms with Gasteiger partial charge in [0.1, 0.15) is 5.82 Å². The average Bonchev–Trinajstić information content (AvgIpc) is 3.04. The molecular weight excluding hydrogens is 426 g/mol. The molecule has 7 nitrogen and oxygen atoms in total. The number of nitrogens with zero attached hydrogens (tertiary/aromatic N) is 3. The van der Waals surface area contributed by atoms with Crippen LogP contribution in [0.3, 0.4) is 0 Å². The summed E-state index contributed by atoms with van der Waals surface area (Å²) < 4.78 is 7.22. The second-order valence-corrected chi connectivity index (χ2v) is 8.18. The van der Waals surface area contributed by atoms with E-state index < -0.39 is 0 Å². The SMILES string of the molecule is COCCN1CCNc2nc(CNCc3cccc(Cl)c3)n(Cc3ccccc3)c2C1=O. The first kappa shape index (κ1) is 22.3. The summed E-state index contributed by atoms with van der Waals surface area (Å²) in [5.74, 6) is 1.44. The molecule has 1 amide bonds. The van der Waals surface area contributed by atoms with Gasteiger partial charge in [-0.05, 0) is 23.3 Å². The Morgan fingerprint density at radius 1 is 1.12 bits per heavy atom. The van der Waals surface area contributed by atoms with Crippen LogP contribution in [0.4, 0.5) is 5.82 Å². The Kier molecular flexibility index (Phi) is 7.42. The number of hydrogen-bond donors (Lipinski definition) is 2. The number of fused-ring (bicyclic) bond motifs is 1. The lowest BCUT2D eigenvalue weighted by Gasteiger charge is -2.21. The third-order valence-corrected chi connectivity index (χ3v) is 5.70. The van der Waals surface area contributed by atoms with E-state index >= 15 is 0 Å². The lowest BCUT2D eigenvalue weighted by atomic mass is 10.2. The molecule has 0 atom stereocenters. The Labute approximate surface area is 193 Å². The van der Waals surface area contributed by atoms with Gasteiger partial charge in [-0.25, -0.2) is 4.98 Å². The molecule has 0 radical (unpaired) electrons. The van der Waals surface area contributed by atoms with Crippen LogP contribution in [-0.2, 0) is 24.4 Å². The van der Waals surface area contributed by atoms with E-state index in [1.807, 2.05) is 51.9 Å².